The first kappa shape index (κ1) is 18.1. The molecule has 2 aromatic rings. The second-order valence-corrected chi connectivity index (χ2v) is 8.66. The van der Waals surface area contributed by atoms with Crippen LogP contribution in [0.15, 0.2) is 23.5 Å². The quantitative estimate of drug-likeness (QED) is 0.753. The number of imidazole rings is 1. The van der Waals surface area contributed by atoms with Crippen LogP contribution in [0.3, 0.4) is 0 Å². The van der Waals surface area contributed by atoms with Crippen molar-refractivity contribution >= 4 is 10.0 Å². The number of aryl methyl sites for hydroxylation is 2. The first-order valence-electron chi connectivity index (χ1n) is 8.99. The smallest absolute Gasteiger partial charge is 0.246 e. The zero-order chi connectivity index (χ0) is 18.0. The summed E-state index contributed by atoms with van der Waals surface area (Å²) >= 11 is 0. The average molecular weight is 366 g/mol. The fraction of sp³-hybridized carbons (Fsp3) is 0.647. The number of hydrogen-bond acceptors (Lipinski definition) is 4. The third-order valence-electron chi connectivity index (χ3n) is 4.88. The van der Waals surface area contributed by atoms with E-state index < -0.39 is 10.0 Å². The zero-order valence-corrected chi connectivity index (χ0v) is 16.0. The van der Waals surface area contributed by atoms with Gasteiger partial charge in [-0.05, 0) is 32.6 Å². The lowest BCUT2D eigenvalue weighted by molar-refractivity contribution is 0.449. The Labute approximate surface area is 149 Å². The van der Waals surface area contributed by atoms with Crippen LogP contribution in [0.25, 0.3) is 0 Å². The van der Waals surface area contributed by atoms with Gasteiger partial charge in [0.25, 0.3) is 0 Å². The molecule has 3 heterocycles. The maximum absolute atomic E-state index is 12.8. The topological polar surface area (TPSA) is 73.0 Å². The van der Waals surface area contributed by atoms with Gasteiger partial charge in [-0.1, -0.05) is 6.92 Å². The predicted molar refractivity (Wildman–Crippen MR) is 95.7 cm³/mol. The summed E-state index contributed by atoms with van der Waals surface area (Å²) in [7, 11) is -3.45. The summed E-state index contributed by atoms with van der Waals surface area (Å²) in [6.07, 6.45) is 7.74. The normalized spacial score (nSPS) is 18.9. The lowest BCUT2D eigenvalue weighted by Gasteiger charge is -2.16. The largest absolute Gasteiger partial charge is 0.332 e. The summed E-state index contributed by atoms with van der Waals surface area (Å²) in [6, 6.07) is 0. The molecular weight excluding hydrogens is 338 g/mol. The van der Waals surface area contributed by atoms with Crippen molar-refractivity contribution in [3.8, 4) is 0 Å². The van der Waals surface area contributed by atoms with Crippen molar-refractivity contribution in [2.75, 3.05) is 13.1 Å². The van der Waals surface area contributed by atoms with Gasteiger partial charge in [-0.25, -0.2) is 13.4 Å². The molecule has 25 heavy (non-hydrogen) atoms. The number of hydrogen-bond donors (Lipinski definition) is 0. The zero-order valence-electron chi connectivity index (χ0n) is 15.2. The maximum Gasteiger partial charge on any atom is 0.246 e. The van der Waals surface area contributed by atoms with Gasteiger partial charge in [0.1, 0.15) is 10.7 Å². The Morgan fingerprint density at radius 3 is 2.76 bits per heavy atom. The molecule has 1 aliphatic rings. The summed E-state index contributed by atoms with van der Waals surface area (Å²) in [5, 5.41) is 4.09. The van der Waals surface area contributed by atoms with Crippen LogP contribution >= 0.6 is 0 Å². The Morgan fingerprint density at radius 2 is 2.08 bits per heavy atom. The molecule has 0 N–H and O–H groups in total. The van der Waals surface area contributed by atoms with E-state index in [1.807, 2.05) is 13.1 Å². The molecule has 1 fully saturated rings. The van der Waals surface area contributed by atoms with Crippen LogP contribution in [-0.2, 0) is 29.5 Å². The SMILES string of the molecule is CCCn1c(C)cnc1CC1CCN(S(=O)(=O)c2cnn(CC)c2)C1. The second-order valence-electron chi connectivity index (χ2n) is 6.72. The Kier molecular flexibility index (Phi) is 5.29. The molecule has 0 saturated carbocycles. The molecule has 7 nitrogen and oxygen atoms in total. The molecule has 2 aromatic heterocycles. The lowest BCUT2D eigenvalue weighted by Crippen LogP contribution is -2.29. The minimum absolute atomic E-state index is 0.290. The van der Waals surface area contributed by atoms with E-state index in [1.54, 1.807) is 15.2 Å². The van der Waals surface area contributed by atoms with E-state index in [0.717, 1.165) is 31.6 Å². The van der Waals surface area contributed by atoms with Gasteiger partial charge in [-0.2, -0.15) is 9.40 Å². The Hall–Kier alpha value is -1.67. The van der Waals surface area contributed by atoms with E-state index in [-0.39, 0.29) is 0 Å². The van der Waals surface area contributed by atoms with E-state index in [2.05, 4.69) is 28.5 Å². The van der Waals surface area contributed by atoms with Crippen LogP contribution in [0.1, 0.15) is 38.2 Å². The highest BCUT2D eigenvalue weighted by Gasteiger charge is 2.34. The number of aromatic nitrogens is 4. The van der Waals surface area contributed by atoms with Crippen LogP contribution in [0.2, 0.25) is 0 Å². The Morgan fingerprint density at radius 1 is 1.28 bits per heavy atom. The standard InChI is InChI=1S/C17H27N5O2S/c1-4-7-22-14(3)10-18-17(22)9-15-6-8-21(12-15)25(23,24)16-11-19-20(5-2)13-16/h10-11,13,15H,4-9,12H2,1-3H3. The third-order valence-corrected chi connectivity index (χ3v) is 6.69. The molecule has 1 atom stereocenters. The highest BCUT2D eigenvalue weighted by atomic mass is 32.2. The van der Waals surface area contributed by atoms with Crippen LogP contribution in [-0.4, -0.2) is 45.1 Å². The van der Waals surface area contributed by atoms with Gasteiger partial charge < -0.3 is 4.57 Å². The molecule has 1 aliphatic heterocycles. The molecule has 0 spiro atoms. The van der Waals surface area contributed by atoms with Gasteiger partial charge in [0.15, 0.2) is 0 Å². The van der Waals surface area contributed by atoms with Crippen molar-refractivity contribution < 1.29 is 8.42 Å². The third kappa shape index (κ3) is 3.64. The van der Waals surface area contributed by atoms with E-state index >= 15 is 0 Å². The molecule has 0 amide bonds. The van der Waals surface area contributed by atoms with Crippen LogP contribution in [0.4, 0.5) is 0 Å². The summed E-state index contributed by atoms with van der Waals surface area (Å²) in [6.45, 7) is 8.92. The minimum atomic E-state index is -3.45. The van der Waals surface area contributed by atoms with E-state index in [1.165, 1.54) is 11.9 Å². The molecule has 0 aromatic carbocycles. The number of rotatable bonds is 7. The molecule has 8 heteroatoms. The molecular formula is C17H27N5O2S. The van der Waals surface area contributed by atoms with Gasteiger partial charge in [0.2, 0.25) is 10.0 Å². The molecule has 1 unspecified atom stereocenters. The van der Waals surface area contributed by atoms with Crippen molar-refractivity contribution in [1.29, 1.82) is 0 Å². The predicted octanol–water partition coefficient (Wildman–Crippen LogP) is 2.07. The molecule has 0 bridgehead atoms. The van der Waals surface area contributed by atoms with Crippen molar-refractivity contribution in [3.05, 3.63) is 30.1 Å². The molecule has 1 saturated heterocycles. The molecule has 138 valence electrons. The van der Waals surface area contributed by atoms with Gasteiger partial charge in [0.05, 0.1) is 6.20 Å². The number of sulfonamides is 1. The second kappa shape index (κ2) is 7.29. The van der Waals surface area contributed by atoms with Crippen molar-refractivity contribution in [2.24, 2.45) is 5.92 Å². The van der Waals surface area contributed by atoms with Crippen LogP contribution in [0, 0.1) is 12.8 Å². The van der Waals surface area contributed by atoms with Gasteiger partial charge in [-0.15, -0.1) is 0 Å². The fourth-order valence-electron chi connectivity index (χ4n) is 3.44. The highest BCUT2D eigenvalue weighted by molar-refractivity contribution is 7.89. The van der Waals surface area contributed by atoms with Crippen LogP contribution in [0.5, 0.6) is 0 Å². The van der Waals surface area contributed by atoms with Gasteiger partial charge in [0, 0.05) is 50.7 Å². The average Bonchev–Trinajstić information content (AvgIpc) is 3.31. The van der Waals surface area contributed by atoms with E-state index in [9.17, 15) is 8.42 Å². The Balaban J connectivity index is 1.69. The highest BCUT2D eigenvalue weighted by Crippen LogP contribution is 2.26. The summed E-state index contributed by atoms with van der Waals surface area (Å²) in [5.41, 5.74) is 1.17. The molecule has 3 rings (SSSR count). The van der Waals surface area contributed by atoms with Crippen molar-refractivity contribution in [3.63, 3.8) is 0 Å². The monoisotopic (exact) mass is 365 g/mol. The maximum atomic E-state index is 12.8. The fourth-order valence-corrected chi connectivity index (χ4v) is 4.93. The molecule has 0 aliphatic carbocycles. The summed E-state index contributed by atoms with van der Waals surface area (Å²) in [5.74, 6) is 1.39. The Bertz CT molecular complexity index is 824. The first-order chi connectivity index (χ1) is 12.0. The van der Waals surface area contributed by atoms with E-state index in [4.69, 9.17) is 0 Å². The minimum Gasteiger partial charge on any atom is -0.332 e. The summed E-state index contributed by atoms with van der Waals surface area (Å²) < 4.78 is 31.1. The van der Waals surface area contributed by atoms with Gasteiger partial charge in [-0.3, -0.25) is 4.68 Å². The van der Waals surface area contributed by atoms with Crippen molar-refractivity contribution in [1.82, 2.24) is 23.6 Å². The van der Waals surface area contributed by atoms with Crippen molar-refractivity contribution in [2.45, 2.75) is 58.0 Å². The van der Waals surface area contributed by atoms with Crippen LogP contribution < -0.4 is 0 Å². The van der Waals surface area contributed by atoms with Gasteiger partial charge >= 0.3 is 0 Å². The first-order valence-corrected chi connectivity index (χ1v) is 10.4. The molecule has 0 radical (unpaired) electrons. The number of nitrogens with zero attached hydrogens (tertiary/aromatic N) is 5. The van der Waals surface area contributed by atoms with E-state index in [0.29, 0.717) is 30.4 Å². The summed E-state index contributed by atoms with van der Waals surface area (Å²) in [4.78, 5) is 4.83. The lowest BCUT2D eigenvalue weighted by atomic mass is 10.0.